The quantitative estimate of drug-likeness (QED) is 0.0990. The highest BCUT2D eigenvalue weighted by molar-refractivity contribution is 7.99. The molecule has 10 heteroatoms. The maximum Gasteiger partial charge on any atom is 0.305 e. The monoisotopic (exact) mass is 569 g/mol. The summed E-state index contributed by atoms with van der Waals surface area (Å²) in [6, 6.07) is 17.1. The second kappa shape index (κ2) is 13.8. The van der Waals surface area contributed by atoms with Crippen LogP contribution in [0.15, 0.2) is 90.7 Å². The minimum absolute atomic E-state index is 0.115. The van der Waals surface area contributed by atoms with Crippen molar-refractivity contribution in [3.8, 4) is 0 Å². The van der Waals surface area contributed by atoms with Crippen LogP contribution >= 0.6 is 11.8 Å². The van der Waals surface area contributed by atoms with Gasteiger partial charge in [-0.25, -0.2) is 0 Å². The van der Waals surface area contributed by atoms with Crippen LogP contribution in [0.5, 0.6) is 0 Å². The van der Waals surface area contributed by atoms with Crippen LogP contribution < -0.4 is 5.32 Å². The van der Waals surface area contributed by atoms with Crippen molar-refractivity contribution in [2.45, 2.75) is 37.3 Å². The molecule has 41 heavy (non-hydrogen) atoms. The van der Waals surface area contributed by atoms with Gasteiger partial charge in [-0.1, -0.05) is 23.4 Å². The fourth-order valence-electron chi connectivity index (χ4n) is 4.54. The van der Waals surface area contributed by atoms with E-state index in [1.807, 2.05) is 60.9 Å². The van der Waals surface area contributed by atoms with Crippen molar-refractivity contribution in [3.05, 3.63) is 114 Å². The van der Waals surface area contributed by atoms with Gasteiger partial charge in [-0.15, -0.1) is 11.8 Å². The Morgan fingerprint density at radius 2 is 1.83 bits per heavy atom. The summed E-state index contributed by atoms with van der Waals surface area (Å²) in [5.74, 6) is 0.405. The molecular formula is C31H31N5O4S. The van der Waals surface area contributed by atoms with Crippen molar-refractivity contribution in [1.29, 1.82) is 0 Å². The molecule has 0 saturated heterocycles. The largest absolute Gasteiger partial charge is 0.466 e. The van der Waals surface area contributed by atoms with E-state index in [-0.39, 0.29) is 17.3 Å². The summed E-state index contributed by atoms with van der Waals surface area (Å²) in [4.78, 5) is 38.8. The Kier molecular flexibility index (Phi) is 9.43. The van der Waals surface area contributed by atoms with E-state index in [1.165, 1.54) is 0 Å². The number of esters is 1. The van der Waals surface area contributed by atoms with Crippen LogP contribution in [0.1, 0.15) is 64.3 Å². The first-order valence-electron chi connectivity index (χ1n) is 13.5. The molecule has 0 radical (unpaired) electrons. The van der Waals surface area contributed by atoms with Crippen LogP contribution in [0.4, 0.5) is 5.69 Å². The van der Waals surface area contributed by atoms with Crippen LogP contribution in [0.25, 0.3) is 0 Å². The first-order chi connectivity index (χ1) is 20.1. The third-order valence-corrected chi connectivity index (χ3v) is 7.80. The van der Waals surface area contributed by atoms with Crippen molar-refractivity contribution in [2.75, 3.05) is 18.5 Å². The summed E-state index contributed by atoms with van der Waals surface area (Å²) in [5.41, 5.74) is 5.72. The van der Waals surface area contributed by atoms with Gasteiger partial charge in [-0.2, -0.15) is 0 Å². The Balaban J connectivity index is 1.23. The van der Waals surface area contributed by atoms with Gasteiger partial charge < -0.3 is 19.5 Å². The lowest BCUT2D eigenvalue weighted by molar-refractivity contribution is -0.143. The van der Waals surface area contributed by atoms with Gasteiger partial charge in [0.15, 0.2) is 0 Å². The Hall–Kier alpha value is -4.44. The average Bonchev–Trinajstić information content (AvgIpc) is 3.61. The molecule has 0 spiro atoms. The predicted octanol–water partition coefficient (Wildman–Crippen LogP) is 5.83. The van der Waals surface area contributed by atoms with Gasteiger partial charge in [0.1, 0.15) is 17.7 Å². The zero-order chi connectivity index (χ0) is 28.4. The van der Waals surface area contributed by atoms with Crippen molar-refractivity contribution >= 4 is 35.0 Å². The summed E-state index contributed by atoms with van der Waals surface area (Å²) in [6.07, 6.45) is 10.7. The third kappa shape index (κ3) is 7.01. The summed E-state index contributed by atoms with van der Waals surface area (Å²) < 4.78 is 7.10. The number of benzene rings is 1. The Morgan fingerprint density at radius 3 is 2.56 bits per heavy atom. The van der Waals surface area contributed by atoms with Crippen LogP contribution in [0.2, 0.25) is 0 Å². The molecule has 0 bridgehead atoms. The normalized spacial score (nSPS) is 14.4. The number of anilines is 1. The smallest absolute Gasteiger partial charge is 0.305 e. The lowest BCUT2D eigenvalue weighted by Gasteiger charge is -2.12. The summed E-state index contributed by atoms with van der Waals surface area (Å²) in [7, 11) is 0. The van der Waals surface area contributed by atoms with Gasteiger partial charge >= 0.3 is 5.97 Å². The number of pyridine rings is 2. The number of hydrogen-bond acceptors (Lipinski definition) is 8. The molecule has 210 valence electrons. The zero-order valence-electron chi connectivity index (χ0n) is 22.7. The number of thioether (sulfide) groups is 1. The fourth-order valence-corrected chi connectivity index (χ4v) is 5.85. The summed E-state index contributed by atoms with van der Waals surface area (Å²) in [5, 5.41) is 7.52. The molecule has 1 amide bonds. The van der Waals surface area contributed by atoms with Gasteiger partial charge in [-0.3, -0.25) is 19.6 Å². The van der Waals surface area contributed by atoms with Gasteiger partial charge in [0.25, 0.3) is 5.91 Å². The second-order valence-corrected chi connectivity index (χ2v) is 10.4. The number of aromatic nitrogens is 3. The highest BCUT2D eigenvalue weighted by Crippen LogP contribution is 2.42. The van der Waals surface area contributed by atoms with Crippen LogP contribution in [0.3, 0.4) is 0 Å². The topological polar surface area (TPSA) is 108 Å². The molecule has 1 aromatic carbocycles. The van der Waals surface area contributed by atoms with Gasteiger partial charge in [0.05, 0.1) is 12.2 Å². The van der Waals surface area contributed by atoms with Gasteiger partial charge in [-0.05, 0) is 56.2 Å². The number of ether oxygens (including phenoxy) is 1. The predicted molar refractivity (Wildman–Crippen MR) is 159 cm³/mol. The van der Waals surface area contributed by atoms with Crippen molar-refractivity contribution in [2.24, 2.45) is 5.16 Å². The molecule has 0 aliphatic carbocycles. The van der Waals surface area contributed by atoms with Crippen molar-refractivity contribution < 1.29 is 19.2 Å². The molecule has 1 aliphatic heterocycles. The second-order valence-electron chi connectivity index (χ2n) is 9.34. The maximum atomic E-state index is 13.2. The molecule has 1 atom stereocenters. The van der Waals surface area contributed by atoms with Crippen LogP contribution in [0, 0.1) is 0 Å². The molecule has 0 fully saturated rings. The Labute approximate surface area is 243 Å². The summed E-state index contributed by atoms with van der Waals surface area (Å²) in [6.45, 7) is 2.55. The molecule has 9 nitrogen and oxygen atoms in total. The molecule has 4 heterocycles. The Bertz CT molecular complexity index is 1490. The molecular weight excluding hydrogens is 538 g/mol. The molecule has 1 aliphatic rings. The van der Waals surface area contributed by atoms with Crippen LogP contribution in [-0.4, -0.2) is 45.3 Å². The highest BCUT2D eigenvalue weighted by atomic mass is 32.2. The number of amides is 1. The zero-order valence-corrected chi connectivity index (χ0v) is 23.5. The number of nitrogens with zero attached hydrogens (tertiary/aromatic N) is 4. The standard InChI is InChI=1S/C31H31N5O4S/c1-2-39-28(37)9-3-4-18-40-35-29(23-7-5-15-32-19-23)22-10-12-25(13-11-22)34-30(38)26-14-17-36-27(26)21-41-31(36)24-8-6-16-33-20-24/h5-8,10-17,19-20,31H,2-4,9,18,21H2,1H3,(H,34,38)/b35-29+. The van der Waals surface area contributed by atoms with Crippen LogP contribution in [-0.2, 0) is 20.1 Å². The van der Waals surface area contributed by atoms with Crippen molar-refractivity contribution in [1.82, 2.24) is 14.5 Å². The van der Waals surface area contributed by atoms with E-state index in [4.69, 9.17) is 9.57 Å². The highest BCUT2D eigenvalue weighted by Gasteiger charge is 2.28. The molecule has 5 rings (SSSR count). The molecule has 3 aromatic heterocycles. The van der Waals surface area contributed by atoms with E-state index in [9.17, 15) is 9.59 Å². The number of carbonyl (C=O) groups is 2. The van der Waals surface area contributed by atoms with E-state index < -0.39 is 0 Å². The van der Waals surface area contributed by atoms with E-state index in [1.54, 1.807) is 37.3 Å². The first-order valence-corrected chi connectivity index (χ1v) is 14.6. The van der Waals surface area contributed by atoms with Gasteiger partial charge in [0, 0.05) is 71.2 Å². The first kappa shape index (κ1) is 28.1. The minimum atomic E-state index is -0.200. The van der Waals surface area contributed by atoms with E-state index in [0.29, 0.717) is 49.4 Å². The number of hydrogen-bond donors (Lipinski definition) is 1. The fraction of sp³-hybridized carbons (Fsp3) is 0.258. The SMILES string of the molecule is CCOC(=O)CCCCO/N=C(\c1ccc(NC(=O)c2ccn3c2CSC3c2cccnc2)cc1)c1cccnc1. The maximum absolute atomic E-state index is 13.2. The third-order valence-electron chi connectivity index (χ3n) is 6.55. The summed E-state index contributed by atoms with van der Waals surface area (Å²) >= 11 is 1.78. The van der Waals surface area contributed by atoms with E-state index in [0.717, 1.165) is 28.1 Å². The number of fused-ring (bicyclic) bond motifs is 1. The molecule has 4 aromatic rings. The minimum Gasteiger partial charge on any atom is -0.466 e. The number of nitrogens with one attached hydrogen (secondary N) is 1. The number of oxime groups is 1. The number of unbranched alkanes of at least 4 members (excludes halogenated alkanes) is 1. The molecule has 1 N–H and O–H groups in total. The number of rotatable bonds is 12. The lowest BCUT2D eigenvalue weighted by Crippen LogP contribution is -2.13. The molecule has 1 unspecified atom stereocenters. The van der Waals surface area contributed by atoms with E-state index in [2.05, 4.69) is 31.1 Å². The molecule has 0 saturated carbocycles. The van der Waals surface area contributed by atoms with Gasteiger partial charge in [0.2, 0.25) is 0 Å². The van der Waals surface area contributed by atoms with Crippen molar-refractivity contribution in [3.63, 3.8) is 0 Å². The number of carbonyl (C=O) groups excluding carboxylic acids is 2. The average molecular weight is 570 g/mol. The van der Waals surface area contributed by atoms with E-state index >= 15 is 0 Å². The Morgan fingerprint density at radius 1 is 1.02 bits per heavy atom. The lowest BCUT2D eigenvalue weighted by atomic mass is 10.0.